The zero-order chi connectivity index (χ0) is 9.47. The SMILES string of the molecule is C=CC1=CC[C@H]2CC(=O)CC[C@@]12C. The summed E-state index contributed by atoms with van der Waals surface area (Å²) in [4.78, 5) is 11.3. The fourth-order valence-corrected chi connectivity index (χ4v) is 2.75. The van der Waals surface area contributed by atoms with Gasteiger partial charge >= 0.3 is 0 Å². The quantitative estimate of drug-likeness (QED) is 0.600. The first-order chi connectivity index (χ1) is 6.16. The third-order valence-electron chi connectivity index (χ3n) is 3.80. The molecule has 1 saturated carbocycles. The summed E-state index contributed by atoms with van der Waals surface area (Å²) < 4.78 is 0. The van der Waals surface area contributed by atoms with Gasteiger partial charge in [0.15, 0.2) is 0 Å². The summed E-state index contributed by atoms with van der Waals surface area (Å²) in [6.45, 7) is 6.13. The zero-order valence-electron chi connectivity index (χ0n) is 8.18. The molecule has 0 aromatic heterocycles. The van der Waals surface area contributed by atoms with E-state index in [1.54, 1.807) is 0 Å². The maximum Gasteiger partial charge on any atom is 0.133 e. The molecule has 2 rings (SSSR count). The average Bonchev–Trinajstić information content (AvgIpc) is 2.42. The lowest BCUT2D eigenvalue weighted by molar-refractivity contribution is -0.123. The first-order valence-corrected chi connectivity index (χ1v) is 5.01. The summed E-state index contributed by atoms with van der Waals surface area (Å²) in [7, 11) is 0. The predicted molar refractivity (Wildman–Crippen MR) is 53.4 cm³/mol. The molecule has 13 heavy (non-hydrogen) atoms. The molecule has 0 aliphatic heterocycles. The van der Waals surface area contributed by atoms with Crippen molar-refractivity contribution in [1.82, 2.24) is 0 Å². The van der Waals surface area contributed by atoms with E-state index in [0.29, 0.717) is 11.7 Å². The standard InChI is InChI=1S/C12H16O/c1-3-9-4-5-10-8-11(13)6-7-12(9,10)2/h3-4,10H,1,5-8H2,2H3/t10-,12-/m0/s1. The van der Waals surface area contributed by atoms with Crippen molar-refractivity contribution in [3.63, 3.8) is 0 Å². The smallest absolute Gasteiger partial charge is 0.133 e. The van der Waals surface area contributed by atoms with Crippen LogP contribution in [0.25, 0.3) is 0 Å². The number of hydrogen-bond donors (Lipinski definition) is 0. The second-order valence-electron chi connectivity index (χ2n) is 4.46. The highest BCUT2D eigenvalue weighted by Crippen LogP contribution is 2.51. The van der Waals surface area contributed by atoms with Crippen LogP contribution in [-0.2, 0) is 4.79 Å². The van der Waals surface area contributed by atoms with Crippen LogP contribution in [0.1, 0.15) is 32.6 Å². The van der Waals surface area contributed by atoms with E-state index < -0.39 is 0 Å². The predicted octanol–water partition coefficient (Wildman–Crippen LogP) is 2.88. The summed E-state index contributed by atoms with van der Waals surface area (Å²) >= 11 is 0. The molecule has 0 unspecified atom stereocenters. The van der Waals surface area contributed by atoms with Crippen molar-refractivity contribution in [3.05, 3.63) is 24.3 Å². The number of rotatable bonds is 1. The lowest BCUT2D eigenvalue weighted by Crippen LogP contribution is -2.32. The van der Waals surface area contributed by atoms with Gasteiger partial charge < -0.3 is 0 Å². The van der Waals surface area contributed by atoms with E-state index in [0.717, 1.165) is 25.7 Å². The molecule has 0 N–H and O–H groups in total. The maximum absolute atomic E-state index is 11.3. The molecule has 0 radical (unpaired) electrons. The van der Waals surface area contributed by atoms with E-state index in [1.807, 2.05) is 6.08 Å². The molecule has 2 aliphatic rings. The van der Waals surface area contributed by atoms with Crippen molar-refractivity contribution >= 4 is 5.78 Å². The maximum atomic E-state index is 11.3. The van der Waals surface area contributed by atoms with E-state index in [4.69, 9.17) is 0 Å². The molecule has 0 saturated heterocycles. The van der Waals surface area contributed by atoms with Crippen LogP contribution in [0.3, 0.4) is 0 Å². The average molecular weight is 176 g/mol. The van der Waals surface area contributed by atoms with Gasteiger partial charge in [-0.15, -0.1) is 0 Å². The molecule has 0 amide bonds. The van der Waals surface area contributed by atoms with Gasteiger partial charge in [-0.05, 0) is 29.7 Å². The number of ketones is 1. The Hall–Kier alpha value is -0.850. The van der Waals surface area contributed by atoms with Crippen LogP contribution in [0.5, 0.6) is 0 Å². The Bertz CT molecular complexity index is 287. The van der Waals surface area contributed by atoms with Crippen molar-refractivity contribution in [1.29, 1.82) is 0 Å². The fraction of sp³-hybridized carbons (Fsp3) is 0.583. The molecular weight excluding hydrogens is 160 g/mol. The van der Waals surface area contributed by atoms with Crippen molar-refractivity contribution in [2.24, 2.45) is 11.3 Å². The second-order valence-corrected chi connectivity index (χ2v) is 4.46. The first kappa shape index (κ1) is 8.74. The number of allylic oxidation sites excluding steroid dienone is 3. The van der Waals surface area contributed by atoms with Gasteiger partial charge in [0, 0.05) is 12.8 Å². The van der Waals surface area contributed by atoms with Gasteiger partial charge in [0.25, 0.3) is 0 Å². The van der Waals surface area contributed by atoms with Crippen LogP contribution in [0, 0.1) is 11.3 Å². The Morgan fingerprint density at radius 1 is 1.69 bits per heavy atom. The topological polar surface area (TPSA) is 17.1 Å². The molecule has 0 aromatic carbocycles. The molecule has 2 aliphatic carbocycles. The Kier molecular flexibility index (Phi) is 1.90. The Morgan fingerprint density at radius 2 is 2.46 bits per heavy atom. The molecule has 70 valence electrons. The van der Waals surface area contributed by atoms with Gasteiger partial charge in [-0.1, -0.05) is 25.7 Å². The summed E-state index contributed by atoms with van der Waals surface area (Å²) in [6, 6.07) is 0. The summed E-state index contributed by atoms with van der Waals surface area (Å²) in [5.41, 5.74) is 1.63. The van der Waals surface area contributed by atoms with Crippen LogP contribution in [0.4, 0.5) is 0 Å². The van der Waals surface area contributed by atoms with E-state index in [1.165, 1.54) is 5.57 Å². The van der Waals surface area contributed by atoms with Crippen LogP contribution in [0.2, 0.25) is 0 Å². The minimum absolute atomic E-state index is 0.260. The molecule has 1 nitrogen and oxygen atoms in total. The van der Waals surface area contributed by atoms with E-state index >= 15 is 0 Å². The Balaban J connectivity index is 2.26. The van der Waals surface area contributed by atoms with Crippen molar-refractivity contribution in [2.45, 2.75) is 32.6 Å². The fourth-order valence-electron chi connectivity index (χ4n) is 2.75. The van der Waals surface area contributed by atoms with Crippen molar-refractivity contribution in [2.75, 3.05) is 0 Å². The highest BCUT2D eigenvalue weighted by molar-refractivity contribution is 5.80. The molecule has 0 bridgehead atoms. The number of Topliss-reactive ketones (excluding diaryl/α,β-unsaturated/α-hetero) is 1. The van der Waals surface area contributed by atoms with E-state index in [9.17, 15) is 4.79 Å². The highest BCUT2D eigenvalue weighted by atomic mass is 16.1. The number of carbonyl (C=O) groups excluding carboxylic acids is 1. The third kappa shape index (κ3) is 1.18. The second kappa shape index (κ2) is 2.83. The molecule has 0 heterocycles. The van der Waals surface area contributed by atoms with Gasteiger partial charge in [-0.25, -0.2) is 0 Å². The molecule has 0 aromatic rings. The molecule has 2 atom stereocenters. The number of fused-ring (bicyclic) bond motifs is 1. The molecule has 1 heteroatoms. The van der Waals surface area contributed by atoms with Gasteiger partial charge in [0.05, 0.1) is 0 Å². The van der Waals surface area contributed by atoms with E-state index in [2.05, 4.69) is 19.6 Å². The van der Waals surface area contributed by atoms with Gasteiger partial charge in [0.1, 0.15) is 5.78 Å². The monoisotopic (exact) mass is 176 g/mol. The summed E-state index contributed by atoms with van der Waals surface area (Å²) in [5.74, 6) is 1.00. The largest absolute Gasteiger partial charge is 0.300 e. The van der Waals surface area contributed by atoms with E-state index in [-0.39, 0.29) is 5.41 Å². The Morgan fingerprint density at radius 3 is 3.15 bits per heavy atom. The van der Waals surface area contributed by atoms with Crippen LogP contribution in [-0.4, -0.2) is 5.78 Å². The highest BCUT2D eigenvalue weighted by Gasteiger charge is 2.43. The van der Waals surface area contributed by atoms with Crippen LogP contribution in [0.15, 0.2) is 24.3 Å². The molecule has 0 spiro atoms. The minimum Gasteiger partial charge on any atom is -0.300 e. The first-order valence-electron chi connectivity index (χ1n) is 5.01. The van der Waals surface area contributed by atoms with Crippen LogP contribution >= 0.6 is 0 Å². The van der Waals surface area contributed by atoms with Crippen molar-refractivity contribution in [3.8, 4) is 0 Å². The summed E-state index contributed by atoms with van der Waals surface area (Å²) in [6.07, 6.45) is 7.87. The van der Waals surface area contributed by atoms with Crippen LogP contribution < -0.4 is 0 Å². The molecule has 1 fully saturated rings. The van der Waals surface area contributed by atoms with Gasteiger partial charge in [0.2, 0.25) is 0 Å². The number of hydrogen-bond acceptors (Lipinski definition) is 1. The summed E-state index contributed by atoms with van der Waals surface area (Å²) in [5, 5.41) is 0. The Labute approximate surface area is 79.5 Å². The lowest BCUT2D eigenvalue weighted by Gasteiger charge is -2.37. The van der Waals surface area contributed by atoms with Crippen molar-refractivity contribution < 1.29 is 4.79 Å². The minimum atomic E-state index is 0.260. The van der Waals surface area contributed by atoms with Gasteiger partial charge in [-0.2, -0.15) is 0 Å². The van der Waals surface area contributed by atoms with Gasteiger partial charge in [-0.3, -0.25) is 4.79 Å². The number of carbonyl (C=O) groups is 1. The normalized spacial score (nSPS) is 38.4. The lowest BCUT2D eigenvalue weighted by atomic mass is 9.66. The molecular formula is C12H16O. The third-order valence-corrected chi connectivity index (χ3v) is 3.80. The zero-order valence-corrected chi connectivity index (χ0v) is 8.18.